The molecule has 0 aromatic heterocycles. The van der Waals surface area contributed by atoms with Crippen molar-refractivity contribution in [1.82, 2.24) is 0 Å². The molecule has 4 aliphatic carbocycles. The molecule has 4 aliphatic rings. The van der Waals surface area contributed by atoms with E-state index < -0.39 is 42.0 Å². The van der Waals surface area contributed by atoms with Crippen molar-refractivity contribution in [2.45, 2.75) is 130 Å². The lowest BCUT2D eigenvalue weighted by Crippen LogP contribution is -2.61. The van der Waals surface area contributed by atoms with Crippen LogP contribution in [0.2, 0.25) is 0 Å². The van der Waals surface area contributed by atoms with Crippen LogP contribution in [0.3, 0.4) is 0 Å². The second kappa shape index (κ2) is 10.5. The maximum Gasteiger partial charge on any atom is 0.303 e. The van der Waals surface area contributed by atoms with E-state index in [1.165, 1.54) is 19.4 Å². The maximum absolute atomic E-state index is 12.2. The molecule has 0 amide bonds. The van der Waals surface area contributed by atoms with E-state index in [9.17, 15) is 24.9 Å². The van der Waals surface area contributed by atoms with Gasteiger partial charge in [-0.25, -0.2) is 0 Å². The van der Waals surface area contributed by atoms with Crippen LogP contribution >= 0.6 is 0 Å². The topological polar surface area (TPSA) is 113 Å². The molecule has 0 heterocycles. The first-order chi connectivity index (χ1) is 17.6. The van der Waals surface area contributed by atoms with E-state index >= 15 is 0 Å². The predicted molar refractivity (Wildman–Crippen MR) is 144 cm³/mol. The van der Waals surface area contributed by atoms with Crippen molar-refractivity contribution in [2.75, 3.05) is 0 Å². The Hall–Kier alpha value is -1.44. The molecule has 11 atom stereocenters. The molecule has 3 N–H and O–H groups in total. The van der Waals surface area contributed by atoms with Gasteiger partial charge in [-0.15, -0.1) is 0 Å². The van der Waals surface area contributed by atoms with E-state index in [4.69, 9.17) is 9.47 Å². The van der Waals surface area contributed by atoms with Crippen LogP contribution in [0.5, 0.6) is 0 Å². The highest BCUT2D eigenvalue weighted by atomic mass is 16.6. The van der Waals surface area contributed by atoms with Gasteiger partial charge in [-0.3, -0.25) is 9.59 Å². The van der Waals surface area contributed by atoms with Crippen LogP contribution in [-0.2, 0) is 19.1 Å². The van der Waals surface area contributed by atoms with Crippen LogP contribution in [0.4, 0.5) is 0 Å². The van der Waals surface area contributed by atoms with Crippen molar-refractivity contribution in [1.29, 1.82) is 0 Å². The number of hydrogen-bond acceptors (Lipinski definition) is 7. The van der Waals surface area contributed by atoms with Crippen molar-refractivity contribution in [3.8, 4) is 0 Å². The van der Waals surface area contributed by atoms with Crippen molar-refractivity contribution in [3.05, 3.63) is 11.6 Å². The maximum atomic E-state index is 12.2. The fraction of sp³-hybridized carbons (Fsp3) is 0.871. The molecule has 38 heavy (non-hydrogen) atoms. The van der Waals surface area contributed by atoms with E-state index in [1.807, 2.05) is 6.92 Å². The summed E-state index contributed by atoms with van der Waals surface area (Å²) in [7, 11) is 0. The van der Waals surface area contributed by atoms with Crippen LogP contribution in [0, 0.1) is 40.4 Å². The molecule has 0 aromatic carbocycles. The average molecular weight is 535 g/mol. The van der Waals surface area contributed by atoms with Crippen LogP contribution in [0.25, 0.3) is 0 Å². The van der Waals surface area contributed by atoms with E-state index in [0.717, 1.165) is 38.5 Å². The lowest BCUT2D eigenvalue weighted by Gasteiger charge is -2.60. The number of allylic oxidation sites excluding steroid dienone is 1. The van der Waals surface area contributed by atoms with Crippen molar-refractivity contribution >= 4 is 11.9 Å². The van der Waals surface area contributed by atoms with Gasteiger partial charge in [-0.1, -0.05) is 33.3 Å². The minimum Gasteiger partial charge on any atom is -0.459 e. The van der Waals surface area contributed by atoms with Gasteiger partial charge in [0.15, 0.2) is 0 Å². The molecule has 3 fully saturated rings. The summed E-state index contributed by atoms with van der Waals surface area (Å²) >= 11 is 0. The van der Waals surface area contributed by atoms with Gasteiger partial charge in [0.25, 0.3) is 0 Å². The summed E-state index contributed by atoms with van der Waals surface area (Å²) in [6.45, 7) is 13.3. The molecule has 4 rings (SSSR count). The molecule has 0 aliphatic heterocycles. The first-order valence-corrected chi connectivity index (χ1v) is 14.8. The summed E-state index contributed by atoms with van der Waals surface area (Å²) in [6.07, 6.45) is 5.55. The molecule has 0 unspecified atom stereocenters. The highest BCUT2D eigenvalue weighted by molar-refractivity contribution is 5.67. The minimum atomic E-state index is -1.18. The lowest BCUT2D eigenvalue weighted by atomic mass is 9.46. The van der Waals surface area contributed by atoms with Gasteiger partial charge in [0.2, 0.25) is 0 Å². The first kappa shape index (κ1) is 29.5. The van der Waals surface area contributed by atoms with Crippen LogP contribution in [0.15, 0.2) is 11.6 Å². The second-order valence-electron chi connectivity index (χ2n) is 13.9. The van der Waals surface area contributed by atoms with E-state index in [2.05, 4.69) is 33.8 Å². The molecule has 0 aromatic rings. The quantitative estimate of drug-likeness (QED) is 0.324. The van der Waals surface area contributed by atoms with Gasteiger partial charge in [-0.05, 0) is 98.9 Å². The second-order valence-corrected chi connectivity index (χ2v) is 13.9. The number of carbonyl (C=O) groups excluding carboxylic acids is 2. The fourth-order valence-corrected chi connectivity index (χ4v) is 9.22. The Bertz CT molecular complexity index is 941. The summed E-state index contributed by atoms with van der Waals surface area (Å²) in [5, 5.41) is 33.7. The monoisotopic (exact) mass is 534 g/mol. The van der Waals surface area contributed by atoms with Crippen LogP contribution in [-0.4, -0.2) is 57.3 Å². The third-order valence-electron chi connectivity index (χ3n) is 11.1. The number of hydrogen-bond donors (Lipinski definition) is 3. The summed E-state index contributed by atoms with van der Waals surface area (Å²) in [5.74, 6) is -0.301. The van der Waals surface area contributed by atoms with Crippen molar-refractivity contribution in [2.24, 2.45) is 40.4 Å². The Morgan fingerprint density at radius 2 is 1.61 bits per heavy atom. The first-order valence-electron chi connectivity index (χ1n) is 14.8. The zero-order valence-electron chi connectivity index (χ0n) is 24.4. The van der Waals surface area contributed by atoms with Gasteiger partial charge >= 0.3 is 11.9 Å². The molecule has 7 heteroatoms. The summed E-state index contributed by atoms with van der Waals surface area (Å²) in [5.41, 5.74) is -0.380. The third kappa shape index (κ3) is 4.96. The molecule has 216 valence electrons. The Labute approximate surface area is 228 Å². The Morgan fingerprint density at radius 3 is 2.21 bits per heavy atom. The van der Waals surface area contributed by atoms with Crippen LogP contribution in [0.1, 0.15) is 99.8 Å². The Morgan fingerprint density at radius 1 is 1.00 bits per heavy atom. The lowest BCUT2D eigenvalue weighted by molar-refractivity contribution is -0.196. The number of rotatable bonds is 7. The normalized spacial score (nSPS) is 42.7. The minimum absolute atomic E-state index is 0.0382. The zero-order valence-corrected chi connectivity index (χ0v) is 24.4. The van der Waals surface area contributed by atoms with E-state index in [0.29, 0.717) is 18.8 Å². The Balaban J connectivity index is 1.71. The number of aliphatic hydroxyl groups excluding tert-OH is 2. The molecule has 0 radical (unpaired) electrons. The highest BCUT2D eigenvalue weighted by Gasteiger charge is 2.64. The molecule has 7 nitrogen and oxygen atoms in total. The highest BCUT2D eigenvalue weighted by Crippen LogP contribution is 2.67. The molecular formula is C31H50O7. The van der Waals surface area contributed by atoms with Gasteiger partial charge in [0.05, 0.1) is 17.8 Å². The predicted octanol–water partition coefficient (Wildman–Crippen LogP) is 4.56. The van der Waals surface area contributed by atoms with E-state index in [1.54, 1.807) is 0 Å². The van der Waals surface area contributed by atoms with Crippen molar-refractivity contribution < 1.29 is 34.4 Å². The molecular weight excluding hydrogens is 484 g/mol. The largest absolute Gasteiger partial charge is 0.459 e. The number of carbonyl (C=O) groups is 2. The molecule has 0 saturated heterocycles. The smallest absolute Gasteiger partial charge is 0.303 e. The number of esters is 2. The number of ether oxygens (including phenoxy) is 2. The van der Waals surface area contributed by atoms with Gasteiger partial charge in [-0.2, -0.15) is 0 Å². The summed E-state index contributed by atoms with van der Waals surface area (Å²) in [4.78, 5) is 24.2. The Kier molecular flexibility index (Phi) is 8.17. The molecule has 0 bridgehead atoms. The van der Waals surface area contributed by atoms with Gasteiger partial charge in [0.1, 0.15) is 12.2 Å². The number of aliphatic hydroxyl groups is 3. The summed E-state index contributed by atoms with van der Waals surface area (Å²) < 4.78 is 11.6. The zero-order chi connectivity index (χ0) is 28.2. The van der Waals surface area contributed by atoms with Crippen LogP contribution < -0.4 is 0 Å². The van der Waals surface area contributed by atoms with Gasteiger partial charge < -0.3 is 24.8 Å². The summed E-state index contributed by atoms with van der Waals surface area (Å²) in [6, 6.07) is 0. The average Bonchev–Trinajstić information content (AvgIpc) is 3.17. The SMILES string of the molecule is CC(=O)O[C@@H]1[C@@H]2[C@H](OC(C)=O)C=C3[C@H](CC[C@]4(C)[C@@H]([C@@](C)(O)[C@H](O)CCC(C)C)CC[C@@H]34)[C@@]2(C)CC[C@@H]1O. The van der Waals surface area contributed by atoms with Crippen molar-refractivity contribution in [3.63, 3.8) is 0 Å². The molecule has 3 saturated carbocycles. The fourth-order valence-electron chi connectivity index (χ4n) is 9.22. The third-order valence-corrected chi connectivity index (χ3v) is 11.1. The standard InChI is InChI=1S/C31H50O7/c1-17(2)8-11-26(35)31(7,36)25-10-9-21-20-16-24(37-18(3)32)27-28(38-19(4)33)23(34)13-15-30(27,6)22(20)12-14-29(21,25)5/h16-17,21-28,34-36H,8-15H2,1-7H3/t21-,22-,23-,24+,25-,26+,27-,28-,29-,30+,31+/m0/s1. The molecule has 0 spiro atoms. The van der Waals surface area contributed by atoms with E-state index in [-0.39, 0.29) is 34.5 Å². The number of fused-ring (bicyclic) bond motifs is 5. The van der Waals surface area contributed by atoms with Gasteiger partial charge in [0, 0.05) is 19.8 Å².